The van der Waals surface area contributed by atoms with Crippen LogP contribution in [0.2, 0.25) is 0 Å². The maximum Gasteiger partial charge on any atom is 0.254 e. The van der Waals surface area contributed by atoms with Crippen LogP contribution in [0.15, 0.2) is 94.6 Å². The summed E-state index contributed by atoms with van der Waals surface area (Å²) in [4.78, 5) is 17.5. The van der Waals surface area contributed by atoms with Crippen LogP contribution >= 0.6 is 11.8 Å². The molecule has 0 fully saturated rings. The standard InChI is InChI=1S/C25H23N3O2S/c1-18-15-21(28-30-18)17-31-25-22(13-8-14-26-25)24(29)27-16-23(19-9-4-2-5-10-19)20-11-6-3-7-12-20/h2-15,23H,16-17H2,1H3,(H,27,29). The molecule has 2 aromatic carbocycles. The fourth-order valence-electron chi connectivity index (χ4n) is 3.40. The number of hydrogen-bond acceptors (Lipinski definition) is 5. The molecule has 4 rings (SSSR count). The Hall–Kier alpha value is -3.38. The van der Waals surface area contributed by atoms with Crippen LogP contribution in [0.3, 0.4) is 0 Å². The van der Waals surface area contributed by atoms with Crippen LogP contribution in [0.5, 0.6) is 0 Å². The van der Waals surface area contributed by atoms with E-state index < -0.39 is 0 Å². The zero-order valence-electron chi connectivity index (χ0n) is 17.2. The lowest BCUT2D eigenvalue weighted by Crippen LogP contribution is -2.29. The van der Waals surface area contributed by atoms with Crippen molar-refractivity contribution < 1.29 is 9.32 Å². The highest BCUT2D eigenvalue weighted by Gasteiger charge is 2.18. The van der Waals surface area contributed by atoms with Gasteiger partial charge < -0.3 is 9.84 Å². The molecule has 0 bridgehead atoms. The van der Waals surface area contributed by atoms with Gasteiger partial charge in [0, 0.05) is 30.5 Å². The molecule has 0 aliphatic rings. The number of nitrogens with one attached hydrogen (secondary N) is 1. The number of rotatable bonds is 8. The van der Waals surface area contributed by atoms with Gasteiger partial charge in [0.05, 0.1) is 11.3 Å². The number of hydrogen-bond donors (Lipinski definition) is 1. The van der Waals surface area contributed by atoms with Crippen molar-refractivity contribution in [2.75, 3.05) is 6.54 Å². The molecule has 2 aromatic heterocycles. The average Bonchev–Trinajstić information content (AvgIpc) is 3.24. The van der Waals surface area contributed by atoms with Crippen LogP contribution in [-0.4, -0.2) is 22.6 Å². The van der Waals surface area contributed by atoms with E-state index in [1.54, 1.807) is 18.3 Å². The molecule has 0 radical (unpaired) electrons. The molecule has 0 spiro atoms. The molecule has 0 aliphatic heterocycles. The number of carbonyl (C=O) groups excluding carboxylic acids is 1. The highest BCUT2D eigenvalue weighted by Crippen LogP contribution is 2.26. The number of aryl methyl sites for hydroxylation is 1. The van der Waals surface area contributed by atoms with Crippen molar-refractivity contribution in [1.29, 1.82) is 0 Å². The number of aromatic nitrogens is 2. The first-order valence-electron chi connectivity index (χ1n) is 10.1. The van der Waals surface area contributed by atoms with Gasteiger partial charge in [0.1, 0.15) is 10.8 Å². The minimum atomic E-state index is -0.135. The second-order valence-electron chi connectivity index (χ2n) is 7.16. The lowest BCUT2D eigenvalue weighted by molar-refractivity contribution is 0.0949. The maximum absolute atomic E-state index is 13.0. The van der Waals surface area contributed by atoms with Crippen LogP contribution in [0.25, 0.3) is 0 Å². The fourth-order valence-corrected chi connectivity index (χ4v) is 4.27. The summed E-state index contributed by atoms with van der Waals surface area (Å²) in [6, 6.07) is 25.9. The summed E-state index contributed by atoms with van der Waals surface area (Å²) in [7, 11) is 0. The summed E-state index contributed by atoms with van der Waals surface area (Å²) in [6.45, 7) is 2.35. The summed E-state index contributed by atoms with van der Waals surface area (Å²) >= 11 is 1.47. The Bertz CT molecular complexity index is 1090. The van der Waals surface area contributed by atoms with E-state index in [1.807, 2.05) is 49.4 Å². The molecule has 6 heteroatoms. The van der Waals surface area contributed by atoms with E-state index in [-0.39, 0.29) is 11.8 Å². The second kappa shape index (κ2) is 10.1. The first-order chi connectivity index (χ1) is 15.2. The SMILES string of the molecule is Cc1cc(CSc2ncccc2C(=O)NCC(c2ccccc2)c2ccccc2)no1. The van der Waals surface area contributed by atoms with Crippen molar-refractivity contribution in [1.82, 2.24) is 15.5 Å². The molecule has 0 saturated heterocycles. The van der Waals surface area contributed by atoms with Crippen molar-refractivity contribution in [2.45, 2.75) is 23.6 Å². The van der Waals surface area contributed by atoms with Crippen LogP contribution < -0.4 is 5.32 Å². The summed E-state index contributed by atoms with van der Waals surface area (Å²) in [5.41, 5.74) is 3.72. The molecule has 156 valence electrons. The zero-order valence-corrected chi connectivity index (χ0v) is 18.0. The van der Waals surface area contributed by atoms with Crippen molar-refractivity contribution in [3.8, 4) is 0 Å². The highest BCUT2D eigenvalue weighted by molar-refractivity contribution is 7.98. The number of amides is 1. The summed E-state index contributed by atoms with van der Waals surface area (Å²) in [5.74, 6) is 1.29. The first-order valence-corrected chi connectivity index (χ1v) is 11.1. The molecule has 1 N–H and O–H groups in total. The Morgan fingerprint density at radius 2 is 1.68 bits per heavy atom. The van der Waals surface area contributed by atoms with Gasteiger partial charge in [-0.3, -0.25) is 4.79 Å². The normalized spacial score (nSPS) is 10.9. The molecular formula is C25H23N3O2S. The Kier molecular flexibility index (Phi) is 6.79. The number of thioether (sulfide) groups is 1. The molecule has 0 atom stereocenters. The van der Waals surface area contributed by atoms with E-state index in [0.717, 1.165) is 22.6 Å². The highest BCUT2D eigenvalue weighted by atomic mass is 32.2. The summed E-state index contributed by atoms with van der Waals surface area (Å²) in [5, 5.41) is 7.80. The fraction of sp³-hybridized carbons (Fsp3) is 0.160. The van der Waals surface area contributed by atoms with Gasteiger partial charge in [-0.25, -0.2) is 4.98 Å². The topological polar surface area (TPSA) is 68.0 Å². The average molecular weight is 430 g/mol. The van der Waals surface area contributed by atoms with Crippen LogP contribution in [0.4, 0.5) is 0 Å². The van der Waals surface area contributed by atoms with Gasteiger partial charge >= 0.3 is 0 Å². The van der Waals surface area contributed by atoms with Crippen LogP contribution in [-0.2, 0) is 5.75 Å². The molecule has 0 unspecified atom stereocenters. The minimum absolute atomic E-state index is 0.0669. The number of pyridine rings is 1. The van der Waals surface area contributed by atoms with Gasteiger partial charge in [-0.05, 0) is 30.2 Å². The molecule has 4 aromatic rings. The number of nitrogens with zero attached hydrogens (tertiary/aromatic N) is 2. The van der Waals surface area contributed by atoms with Gasteiger partial charge in [-0.2, -0.15) is 0 Å². The third kappa shape index (κ3) is 5.41. The summed E-state index contributed by atoms with van der Waals surface area (Å²) in [6.07, 6.45) is 1.70. The van der Waals surface area contributed by atoms with Gasteiger partial charge in [-0.1, -0.05) is 77.6 Å². The van der Waals surface area contributed by atoms with E-state index in [0.29, 0.717) is 22.9 Å². The number of benzene rings is 2. The second-order valence-corrected chi connectivity index (χ2v) is 8.12. The van der Waals surface area contributed by atoms with E-state index in [4.69, 9.17) is 4.52 Å². The third-order valence-corrected chi connectivity index (χ3v) is 5.96. The molecule has 31 heavy (non-hydrogen) atoms. The molecule has 0 aliphatic carbocycles. The first kappa shape index (κ1) is 20.9. The van der Waals surface area contributed by atoms with Gasteiger partial charge in [-0.15, -0.1) is 0 Å². The van der Waals surface area contributed by atoms with E-state index >= 15 is 0 Å². The predicted molar refractivity (Wildman–Crippen MR) is 122 cm³/mol. The third-order valence-electron chi connectivity index (χ3n) is 4.92. The van der Waals surface area contributed by atoms with Gasteiger partial charge in [0.25, 0.3) is 5.91 Å². The minimum Gasteiger partial charge on any atom is -0.361 e. The van der Waals surface area contributed by atoms with E-state index in [2.05, 4.69) is 39.7 Å². The quantitative estimate of drug-likeness (QED) is 0.388. The van der Waals surface area contributed by atoms with Gasteiger partial charge in [0.2, 0.25) is 0 Å². The Morgan fingerprint density at radius 3 is 2.29 bits per heavy atom. The van der Waals surface area contributed by atoms with Crippen molar-refractivity contribution in [3.05, 3.63) is 113 Å². The van der Waals surface area contributed by atoms with Gasteiger partial charge in [0.15, 0.2) is 0 Å². The van der Waals surface area contributed by atoms with Crippen molar-refractivity contribution >= 4 is 17.7 Å². The van der Waals surface area contributed by atoms with Crippen LogP contribution in [0.1, 0.15) is 38.9 Å². The summed E-state index contributed by atoms with van der Waals surface area (Å²) < 4.78 is 5.12. The monoisotopic (exact) mass is 429 g/mol. The Morgan fingerprint density at radius 1 is 1.00 bits per heavy atom. The van der Waals surface area contributed by atoms with Crippen molar-refractivity contribution in [2.24, 2.45) is 0 Å². The lowest BCUT2D eigenvalue weighted by Gasteiger charge is -2.19. The number of carbonyl (C=O) groups is 1. The smallest absolute Gasteiger partial charge is 0.254 e. The molecule has 2 heterocycles. The Labute approximate surface area is 185 Å². The van der Waals surface area contributed by atoms with Crippen LogP contribution in [0, 0.1) is 6.92 Å². The Balaban J connectivity index is 1.48. The zero-order chi connectivity index (χ0) is 21.5. The lowest BCUT2D eigenvalue weighted by atomic mass is 9.91. The van der Waals surface area contributed by atoms with E-state index in [9.17, 15) is 4.79 Å². The largest absolute Gasteiger partial charge is 0.361 e. The molecule has 1 amide bonds. The molecule has 5 nitrogen and oxygen atoms in total. The molecule has 0 saturated carbocycles. The maximum atomic E-state index is 13.0. The predicted octanol–water partition coefficient (Wildman–Crippen LogP) is 5.23. The van der Waals surface area contributed by atoms with Crippen molar-refractivity contribution in [3.63, 3.8) is 0 Å². The molecular weight excluding hydrogens is 406 g/mol. The van der Waals surface area contributed by atoms with E-state index in [1.165, 1.54) is 11.8 Å².